The van der Waals surface area contributed by atoms with Crippen LogP contribution in [0.3, 0.4) is 0 Å². The van der Waals surface area contributed by atoms with Gasteiger partial charge in [-0.2, -0.15) is 0 Å². The number of ether oxygens (including phenoxy) is 2. The molecule has 0 aromatic heterocycles. The number of rotatable bonds is 4. The van der Waals surface area contributed by atoms with Crippen LogP contribution in [0.25, 0.3) is 0 Å². The maximum Gasteiger partial charge on any atom is 0.194 e. The predicted molar refractivity (Wildman–Crippen MR) is 71.4 cm³/mol. The van der Waals surface area contributed by atoms with Gasteiger partial charge in [0.25, 0.3) is 0 Å². The molecule has 0 N–H and O–H groups in total. The van der Waals surface area contributed by atoms with Crippen LogP contribution in [0.15, 0.2) is 54.6 Å². The maximum atomic E-state index is 12.3. The van der Waals surface area contributed by atoms with Crippen LogP contribution >= 0.6 is 0 Å². The largest absolute Gasteiger partial charge is 0.497 e. The van der Waals surface area contributed by atoms with Crippen molar-refractivity contribution in [3.63, 3.8) is 0 Å². The van der Waals surface area contributed by atoms with Gasteiger partial charge in [0.15, 0.2) is 11.9 Å². The van der Waals surface area contributed by atoms with E-state index in [0.29, 0.717) is 11.3 Å². The molecular formula is C16H14O3. The number of carbonyl (C=O) groups excluding carboxylic acids is 1. The highest BCUT2D eigenvalue weighted by Crippen LogP contribution is 2.40. The van der Waals surface area contributed by atoms with Gasteiger partial charge in [-0.3, -0.25) is 4.79 Å². The Balaban J connectivity index is 1.76. The number of Topliss-reactive ketones (excluding diaryl/α,β-unsaturated/α-hetero) is 1. The molecule has 1 aliphatic heterocycles. The molecule has 19 heavy (non-hydrogen) atoms. The van der Waals surface area contributed by atoms with Crippen LogP contribution in [0.5, 0.6) is 5.75 Å². The van der Waals surface area contributed by atoms with Crippen molar-refractivity contribution >= 4 is 5.78 Å². The third-order valence-electron chi connectivity index (χ3n) is 3.23. The van der Waals surface area contributed by atoms with E-state index in [1.807, 2.05) is 42.5 Å². The second kappa shape index (κ2) is 4.86. The van der Waals surface area contributed by atoms with Crippen LogP contribution in [0, 0.1) is 0 Å². The fourth-order valence-electron chi connectivity index (χ4n) is 2.15. The quantitative estimate of drug-likeness (QED) is 0.622. The minimum Gasteiger partial charge on any atom is -0.497 e. The van der Waals surface area contributed by atoms with Crippen LogP contribution < -0.4 is 4.74 Å². The van der Waals surface area contributed by atoms with Crippen LogP contribution in [-0.4, -0.2) is 19.0 Å². The SMILES string of the molecule is COc1cccc(C(=O)C2OC2c2ccccc2)c1. The van der Waals surface area contributed by atoms with Gasteiger partial charge in [-0.05, 0) is 17.7 Å². The molecule has 1 saturated heterocycles. The number of hydrogen-bond acceptors (Lipinski definition) is 3. The molecule has 3 heteroatoms. The first kappa shape index (κ1) is 11.9. The van der Waals surface area contributed by atoms with Gasteiger partial charge in [0.2, 0.25) is 0 Å². The molecule has 2 atom stereocenters. The van der Waals surface area contributed by atoms with E-state index in [2.05, 4.69) is 0 Å². The first-order valence-corrected chi connectivity index (χ1v) is 6.18. The zero-order chi connectivity index (χ0) is 13.2. The zero-order valence-electron chi connectivity index (χ0n) is 10.6. The van der Waals surface area contributed by atoms with E-state index < -0.39 is 0 Å². The normalized spacial score (nSPS) is 20.9. The molecule has 0 radical (unpaired) electrons. The number of epoxide rings is 1. The second-order valence-corrected chi connectivity index (χ2v) is 4.48. The fraction of sp³-hybridized carbons (Fsp3) is 0.188. The average Bonchev–Trinajstić information content (AvgIpc) is 3.28. The monoisotopic (exact) mass is 254 g/mol. The van der Waals surface area contributed by atoms with Gasteiger partial charge >= 0.3 is 0 Å². The van der Waals surface area contributed by atoms with Gasteiger partial charge in [-0.25, -0.2) is 0 Å². The van der Waals surface area contributed by atoms with Crippen LogP contribution in [0.1, 0.15) is 22.0 Å². The Kier molecular flexibility index (Phi) is 3.05. The maximum absolute atomic E-state index is 12.3. The molecule has 0 aliphatic carbocycles. The highest BCUT2D eigenvalue weighted by molar-refractivity contribution is 6.01. The van der Waals surface area contributed by atoms with E-state index in [-0.39, 0.29) is 18.0 Å². The van der Waals surface area contributed by atoms with Crippen molar-refractivity contribution in [2.45, 2.75) is 12.2 Å². The van der Waals surface area contributed by atoms with E-state index in [1.54, 1.807) is 19.2 Å². The van der Waals surface area contributed by atoms with Crippen LogP contribution in [0.2, 0.25) is 0 Å². The lowest BCUT2D eigenvalue weighted by Gasteiger charge is -2.02. The van der Waals surface area contributed by atoms with Gasteiger partial charge in [-0.1, -0.05) is 42.5 Å². The molecule has 3 nitrogen and oxygen atoms in total. The Labute approximate surface area is 111 Å². The number of hydrogen-bond donors (Lipinski definition) is 0. The fourth-order valence-corrected chi connectivity index (χ4v) is 2.15. The molecule has 1 aliphatic rings. The van der Waals surface area contributed by atoms with E-state index in [0.717, 1.165) is 5.56 Å². The highest BCUT2D eigenvalue weighted by Gasteiger charge is 2.46. The standard InChI is InChI=1S/C16H14O3/c1-18-13-9-5-8-12(10-13)14(17)16-15(19-16)11-6-3-2-4-7-11/h2-10,15-16H,1H3. The van der Waals surface area contributed by atoms with Crippen molar-refractivity contribution in [3.8, 4) is 5.75 Å². The van der Waals surface area contributed by atoms with Crippen LogP contribution in [0.4, 0.5) is 0 Å². The topological polar surface area (TPSA) is 38.8 Å². The number of ketones is 1. The molecular weight excluding hydrogens is 240 g/mol. The zero-order valence-corrected chi connectivity index (χ0v) is 10.6. The van der Waals surface area contributed by atoms with Crippen molar-refractivity contribution in [1.29, 1.82) is 0 Å². The third-order valence-corrected chi connectivity index (χ3v) is 3.23. The van der Waals surface area contributed by atoms with Gasteiger partial charge in [0, 0.05) is 5.56 Å². The Morgan fingerprint density at radius 3 is 2.63 bits per heavy atom. The second-order valence-electron chi connectivity index (χ2n) is 4.48. The predicted octanol–water partition coefficient (Wildman–Crippen LogP) is 3.02. The lowest BCUT2D eigenvalue weighted by atomic mass is 10.0. The molecule has 2 unspecified atom stereocenters. The molecule has 3 rings (SSSR count). The van der Waals surface area contributed by atoms with E-state index in [1.165, 1.54) is 0 Å². The summed E-state index contributed by atoms with van der Waals surface area (Å²) in [5.41, 5.74) is 1.67. The first-order valence-electron chi connectivity index (χ1n) is 6.18. The minimum absolute atomic E-state index is 0.00718. The van der Waals surface area contributed by atoms with Crippen molar-refractivity contribution < 1.29 is 14.3 Å². The summed E-state index contributed by atoms with van der Waals surface area (Å²) in [5, 5.41) is 0. The van der Waals surface area contributed by atoms with E-state index >= 15 is 0 Å². The summed E-state index contributed by atoms with van der Waals surface area (Å²) in [6.45, 7) is 0. The van der Waals surface area contributed by atoms with Crippen molar-refractivity contribution in [2.75, 3.05) is 7.11 Å². The summed E-state index contributed by atoms with van der Waals surface area (Å²) in [7, 11) is 1.59. The molecule has 2 aromatic carbocycles. The lowest BCUT2D eigenvalue weighted by Crippen LogP contribution is -2.08. The first-order chi connectivity index (χ1) is 9.29. The van der Waals surface area contributed by atoms with Crippen molar-refractivity contribution in [2.24, 2.45) is 0 Å². The van der Waals surface area contributed by atoms with Gasteiger partial charge in [0.1, 0.15) is 11.9 Å². The summed E-state index contributed by atoms with van der Waals surface area (Å²) in [4.78, 5) is 12.3. The molecule has 2 aromatic rings. The Hall–Kier alpha value is -2.13. The number of benzene rings is 2. The van der Waals surface area contributed by atoms with Gasteiger partial charge in [-0.15, -0.1) is 0 Å². The van der Waals surface area contributed by atoms with E-state index in [9.17, 15) is 4.79 Å². The molecule has 1 heterocycles. The summed E-state index contributed by atoms with van der Waals surface area (Å²) < 4.78 is 10.6. The smallest absolute Gasteiger partial charge is 0.194 e. The Morgan fingerprint density at radius 1 is 1.11 bits per heavy atom. The molecule has 0 amide bonds. The van der Waals surface area contributed by atoms with Crippen molar-refractivity contribution in [1.82, 2.24) is 0 Å². The lowest BCUT2D eigenvalue weighted by molar-refractivity contribution is 0.0953. The third kappa shape index (κ3) is 2.37. The number of carbonyl (C=O) groups is 1. The highest BCUT2D eigenvalue weighted by atomic mass is 16.6. The molecule has 1 fully saturated rings. The molecule has 0 bridgehead atoms. The van der Waals surface area contributed by atoms with Gasteiger partial charge in [0.05, 0.1) is 7.11 Å². The molecule has 96 valence electrons. The minimum atomic E-state index is -0.366. The Bertz CT molecular complexity index is 592. The Morgan fingerprint density at radius 2 is 1.89 bits per heavy atom. The summed E-state index contributed by atoms with van der Waals surface area (Å²) in [6, 6.07) is 17.0. The molecule has 0 spiro atoms. The van der Waals surface area contributed by atoms with Crippen LogP contribution in [-0.2, 0) is 4.74 Å². The van der Waals surface area contributed by atoms with Crippen molar-refractivity contribution in [3.05, 3.63) is 65.7 Å². The summed E-state index contributed by atoms with van der Waals surface area (Å²) in [5.74, 6) is 0.690. The summed E-state index contributed by atoms with van der Waals surface area (Å²) in [6.07, 6.45) is -0.477. The average molecular weight is 254 g/mol. The van der Waals surface area contributed by atoms with Gasteiger partial charge < -0.3 is 9.47 Å². The van der Waals surface area contributed by atoms with E-state index in [4.69, 9.17) is 9.47 Å². The summed E-state index contributed by atoms with van der Waals surface area (Å²) >= 11 is 0. The number of methoxy groups -OCH3 is 1. The molecule has 0 saturated carbocycles.